The third kappa shape index (κ3) is 2.37. The molecule has 2 rings (SSSR count). The molecule has 1 aliphatic heterocycles. The fourth-order valence-corrected chi connectivity index (χ4v) is 1.86. The van der Waals surface area contributed by atoms with Crippen molar-refractivity contribution in [3.05, 3.63) is 11.8 Å². The summed E-state index contributed by atoms with van der Waals surface area (Å²) < 4.78 is 1.77. The van der Waals surface area contributed by atoms with Gasteiger partial charge in [0.1, 0.15) is 5.82 Å². The maximum atomic E-state index is 11.4. The highest BCUT2D eigenvalue weighted by Gasteiger charge is 2.21. The lowest BCUT2D eigenvalue weighted by molar-refractivity contribution is -0.124. The lowest BCUT2D eigenvalue weighted by Crippen LogP contribution is -2.37. The summed E-state index contributed by atoms with van der Waals surface area (Å²) in [4.78, 5) is 17.4. The van der Waals surface area contributed by atoms with E-state index in [-0.39, 0.29) is 5.91 Å². The van der Waals surface area contributed by atoms with Gasteiger partial charge in [0.05, 0.1) is 12.2 Å². The molecule has 0 aromatic carbocycles. The largest absolute Gasteiger partial charge is 0.311 e. The molecule has 1 amide bonds. The maximum Gasteiger partial charge on any atom is 0.226 e. The highest BCUT2D eigenvalue weighted by molar-refractivity contribution is 6.04. The van der Waals surface area contributed by atoms with Gasteiger partial charge in [0.25, 0.3) is 0 Å². The number of guanidine groups is 1. The number of aromatic nitrogens is 2. The Bertz CT molecular complexity index is 489. The third-order valence-corrected chi connectivity index (χ3v) is 2.95. The Labute approximate surface area is 107 Å². The monoisotopic (exact) mass is 249 g/mol. The number of carbonyl (C=O) groups is 1. The average Bonchev–Trinajstić information content (AvgIpc) is 2.87. The number of carbonyl (C=O) groups excluding carboxylic acids is 1. The minimum Gasteiger partial charge on any atom is -0.311 e. The van der Waals surface area contributed by atoms with Crippen LogP contribution in [0.3, 0.4) is 0 Å². The van der Waals surface area contributed by atoms with Gasteiger partial charge >= 0.3 is 0 Å². The number of anilines is 1. The van der Waals surface area contributed by atoms with E-state index in [2.05, 4.69) is 29.3 Å². The minimum absolute atomic E-state index is 0.00463. The van der Waals surface area contributed by atoms with Gasteiger partial charge < -0.3 is 5.32 Å². The van der Waals surface area contributed by atoms with Gasteiger partial charge in [0, 0.05) is 26.6 Å². The van der Waals surface area contributed by atoms with E-state index in [1.807, 2.05) is 13.1 Å². The van der Waals surface area contributed by atoms with Crippen LogP contribution in [0.2, 0.25) is 0 Å². The van der Waals surface area contributed by atoms with E-state index in [0.29, 0.717) is 25.0 Å². The van der Waals surface area contributed by atoms with Crippen LogP contribution in [0.5, 0.6) is 0 Å². The summed E-state index contributed by atoms with van der Waals surface area (Å²) in [5, 5.41) is 7.59. The topological polar surface area (TPSA) is 62.5 Å². The van der Waals surface area contributed by atoms with E-state index in [4.69, 9.17) is 0 Å². The summed E-state index contributed by atoms with van der Waals surface area (Å²) in [7, 11) is 1.88. The summed E-state index contributed by atoms with van der Waals surface area (Å²) in [6, 6.07) is 1.99. The van der Waals surface area contributed by atoms with Gasteiger partial charge in [-0.05, 0) is 5.92 Å². The van der Waals surface area contributed by atoms with E-state index in [0.717, 1.165) is 11.5 Å². The molecule has 0 bridgehead atoms. The molecular formula is C12H19N5O. The van der Waals surface area contributed by atoms with Gasteiger partial charge in [-0.3, -0.25) is 19.4 Å². The Hall–Kier alpha value is -1.85. The number of hydrogen-bond donors (Lipinski definition) is 1. The molecule has 1 aromatic heterocycles. The van der Waals surface area contributed by atoms with Crippen molar-refractivity contribution in [2.75, 3.05) is 18.4 Å². The maximum absolute atomic E-state index is 11.4. The molecule has 6 nitrogen and oxygen atoms in total. The van der Waals surface area contributed by atoms with Crippen LogP contribution in [0, 0.1) is 0 Å². The fourth-order valence-electron chi connectivity index (χ4n) is 1.86. The van der Waals surface area contributed by atoms with Gasteiger partial charge in [-0.15, -0.1) is 0 Å². The normalized spacial score (nSPS) is 15.2. The first-order chi connectivity index (χ1) is 8.49. The standard InChI is InChI=1S/C12H19N5O/c1-8(2)10-7-11(16(4)15-10)14-12-13-5-6-17(12)9(3)18/h7-8H,5-6H2,1-4H3,(H,13,14). The number of nitrogens with one attached hydrogen (secondary N) is 1. The average molecular weight is 249 g/mol. The lowest BCUT2D eigenvalue weighted by atomic mass is 10.1. The molecule has 98 valence electrons. The number of aliphatic imine (C=N–C) groups is 1. The Morgan fingerprint density at radius 3 is 2.78 bits per heavy atom. The smallest absolute Gasteiger partial charge is 0.226 e. The quantitative estimate of drug-likeness (QED) is 0.856. The van der Waals surface area contributed by atoms with Crippen molar-refractivity contribution >= 4 is 17.7 Å². The SMILES string of the molecule is CC(=O)N1CCN=C1Nc1cc(C(C)C)nn1C. The van der Waals surface area contributed by atoms with E-state index in [9.17, 15) is 4.79 Å². The number of nitrogens with zero attached hydrogens (tertiary/aromatic N) is 4. The highest BCUT2D eigenvalue weighted by atomic mass is 16.2. The molecule has 18 heavy (non-hydrogen) atoms. The first-order valence-electron chi connectivity index (χ1n) is 6.12. The Balaban J connectivity index is 2.17. The lowest BCUT2D eigenvalue weighted by Gasteiger charge is -2.16. The molecule has 1 N–H and O–H groups in total. The number of rotatable bonds is 2. The molecule has 0 spiro atoms. The first kappa shape index (κ1) is 12.6. The van der Waals surface area contributed by atoms with Crippen molar-refractivity contribution in [2.45, 2.75) is 26.7 Å². The van der Waals surface area contributed by atoms with Crippen LogP contribution >= 0.6 is 0 Å². The van der Waals surface area contributed by atoms with Crippen molar-refractivity contribution in [2.24, 2.45) is 12.0 Å². The zero-order valence-electron chi connectivity index (χ0n) is 11.3. The second-order valence-electron chi connectivity index (χ2n) is 4.73. The van der Waals surface area contributed by atoms with Crippen molar-refractivity contribution in [1.82, 2.24) is 14.7 Å². The molecular weight excluding hydrogens is 230 g/mol. The predicted octanol–water partition coefficient (Wildman–Crippen LogP) is 1.17. The predicted molar refractivity (Wildman–Crippen MR) is 70.6 cm³/mol. The zero-order valence-corrected chi connectivity index (χ0v) is 11.3. The van der Waals surface area contributed by atoms with Gasteiger partial charge in [-0.1, -0.05) is 13.8 Å². The molecule has 0 saturated heterocycles. The third-order valence-electron chi connectivity index (χ3n) is 2.95. The van der Waals surface area contributed by atoms with Gasteiger partial charge in [-0.25, -0.2) is 0 Å². The van der Waals surface area contributed by atoms with Gasteiger partial charge in [0.15, 0.2) is 0 Å². The summed E-state index contributed by atoms with van der Waals surface area (Å²) in [6.45, 7) is 7.04. The molecule has 0 atom stereocenters. The van der Waals surface area contributed by atoms with Crippen molar-refractivity contribution in [1.29, 1.82) is 0 Å². The van der Waals surface area contributed by atoms with Crippen molar-refractivity contribution < 1.29 is 4.79 Å². The number of hydrogen-bond acceptors (Lipinski definition) is 4. The minimum atomic E-state index is 0.00463. The van der Waals surface area contributed by atoms with Crippen molar-refractivity contribution in [3.8, 4) is 0 Å². The molecule has 6 heteroatoms. The number of aryl methyl sites for hydroxylation is 1. The molecule has 2 heterocycles. The summed E-state index contributed by atoms with van der Waals surface area (Å²) in [5.74, 6) is 1.84. The van der Waals surface area contributed by atoms with Crippen LogP contribution in [0.25, 0.3) is 0 Å². The molecule has 0 unspecified atom stereocenters. The summed E-state index contributed by atoms with van der Waals surface area (Å²) >= 11 is 0. The van der Waals surface area contributed by atoms with Gasteiger partial charge in [0.2, 0.25) is 11.9 Å². The fraction of sp³-hybridized carbons (Fsp3) is 0.583. The van der Waals surface area contributed by atoms with Crippen LogP contribution in [-0.2, 0) is 11.8 Å². The molecule has 1 aromatic rings. The zero-order chi connectivity index (χ0) is 13.3. The molecule has 0 fully saturated rings. The Morgan fingerprint density at radius 1 is 1.50 bits per heavy atom. The van der Waals surface area contributed by atoms with Crippen LogP contribution in [-0.4, -0.2) is 39.6 Å². The van der Waals surface area contributed by atoms with Crippen LogP contribution in [0.4, 0.5) is 5.82 Å². The van der Waals surface area contributed by atoms with Gasteiger partial charge in [-0.2, -0.15) is 5.10 Å². The Morgan fingerprint density at radius 2 is 2.22 bits per heavy atom. The van der Waals surface area contributed by atoms with Crippen molar-refractivity contribution in [3.63, 3.8) is 0 Å². The molecule has 0 saturated carbocycles. The second-order valence-corrected chi connectivity index (χ2v) is 4.73. The van der Waals surface area contributed by atoms with Crippen LogP contribution in [0.15, 0.2) is 11.1 Å². The molecule has 0 aliphatic carbocycles. The molecule has 0 radical (unpaired) electrons. The first-order valence-corrected chi connectivity index (χ1v) is 6.12. The highest BCUT2D eigenvalue weighted by Crippen LogP contribution is 2.18. The van der Waals surface area contributed by atoms with E-state index in [1.54, 1.807) is 16.5 Å². The van der Waals surface area contributed by atoms with E-state index >= 15 is 0 Å². The number of amides is 1. The molecule has 1 aliphatic rings. The summed E-state index contributed by atoms with van der Waals surface area (Å²) in [5.41, 5.74) is 1.02. The van der Waals surface area contributed by atoms with E-state index < -0.39 is 0 Å². The van der Waals surface area contributed by atoms with Crippen LogP contribution < -0.4 is 5.32 Å². The van der Waals surface area contributed by atoms with E-state index in [1.165, 1.54) is 0 Å². The van der Waals surface area contributed by atoms with Crippen LogP contribution in [0.1, 0.15) is 32.4 Å². The second kappa shape index (κ2) is 4.80. The Kier molecular flexibility index (Phi) is 3.36. The summed E-state index contributed by atoms with van der Waals surface area (Å²) in [6.07, 6.45) is 0.